The lowest BCUT2D eigenvalue weighted by Gasteiger charge is -2.34. The van der Waals surface area contributed by atoms with Crippen molar-refractivity contribution >= 4 is 17.9 Å². The summed E-state index contributed by atoms with van der Waals surface area (Å²) in [5.41, 5.74) is 0. The summed E-state index contributed by atoms with van der Waals surface area (Å²) >= 11 is 0. The van der Waals surface area contributed by atoms with Gasteiger partial charge in [-0.05, 0) is 89.9 Å². The van der Waals surface area contributed by atoms with Gasteiger partial charge >= 0.3 is 11.9 Å². The molecule has 0 aliphatic carbocycles. The standard InChI is InChI=1S/C52H87NO7/c1-6-8-10-12-14-16-18-20-22-24-25-27-29-31-33-35-37-39-41-43-51(55)60-48(46-58-45-44-49(52(56)57)53(3,4)5)47-59-50(54)42-40-38-36-34-32-30-28-26-23-21-19-17-15-13-11-9-7-2/h8,10,14-17,20-23,25,27,31,33,48-49H,6-7,9,11-13,18-19,24,26,28-30,32,34-47H2,1-5H3/b10-8-,16-14-,17-15-,22-20-,23-21-,27-25-,33-31-. The molecule has 8 nitrogen and oxygen atoms in total. The van der Waals surface area contributed by atoms with Gasteiger partial charge in [-0.15, -0.1) is 0 Å². The predicted octanol–water partition coefficient (Wildman–Crippen LogP) is 12.0. The summed E-state index contributed by atoms with van der Waals surface area (Å²) in [7, 11) is 5.39. The van der Waals surface area contributed by atoms with Gasteiger partial charge in [-0.1, -0.05) is 150 Å². The molecule has 0 spiro atoms. The van der Waals surface area contributed by atoms with E-state index in [9.17, 15) is 19.5 Å². The van der Waals surface area contributed by atoms with E-state index >= 15 is 0 Å². The monoisotopic (exact) mass is 838 g/mol. The number of ether oxygens (including phenoxy) is 3. The predicted molar refractivity (Wildman–Crippen MR) is 249 cm³/mol. The Morgan fingerprint density at radius 3 is 1.40 bits per heavy atom. The summed E-state index contributed by atoms with van der Waals surface area (Å²) in [6, 6.07) is -0.738. The molecule has 0 heterocycles. The van der Waals surface area contributed by atoms with Gasteiger partial charge in [0.15, 0.2) is 6.10 Å². The van der Waals surface area contributed by atoms with Crippen molar-refractivity contribution < 1.29 is 38.2 Å². The van der Waals surface area contributed by atoms with E-state index in [0.717, 1.165) is 83.5 Å². The zero-order chi connectivity index (χ0) is 44.2. The van der Waals surface area contributed by atoms with Crippen LogP contribution in [0, 0.1) is 0 Å². The van der Waals surface area contributed by atoms with Gasteiger partial charge in [0.2, 0.25) is 0 Å². The number of unbranched alkanes of at least 4 members (excludes halogenated alkanes) is 13. The molecule has 0 bridgehead atoms. The molecule has 2 unspecified atom stereocenters. The van der Waals surface area contributed by atoms with E-state index < -0.39 is 18.1 Å². The second-order valence-corrected chi connectivity index (χ2v) is 16.6. The van der Waals surface area contributed by atoms with Crippen LogP contribution in [-0.4, -0.2) is 75.5 Å². The maximum atomic E-state index is 12.7. The maximum Gasteiger partial charge on any atom is 0.306 e. The Morgan fingerprint density at radius 2 is 0.933 bits per heavy atom. The first-order valence-corrected chi connectivity index (χ1v) is 23.6. The SMILES string of the molecule is CC/C=C\C/C=C\C/C=C\C/C=C\C/C=C\CCCCCC(=O)OC(COCCC(C(=O)[O-])[N+](C)(C)C)COC(=O)CCCCCCCCC/C=C\C/C=C\CCCCC. The molecule has 342 valence electrons. The Morgan fingerprint density at radius 1 is 0.517 bits per heavy atom. The van der Waals surface area contributed by atoms with E-state index in [-0.39, 0.29) is 49.1 Å². The number of carbonyl (C=O) groups is 3. The van der Waals surface area contributed by atoms with Crippen molar-refractivity contribution in [1.29, 1.82) is 0 Å². The normalized spacial score (nSPS) is 13.7. The van der Waals surface area contributed by atoms with Crippen molar-refractivity contribution in [2.24, 2.45) is 0 Å². The van der Waals surface area contributed by atoms with Gasteiger partial charge in [0, 0.05) is 19.3 Å². The molecule has 0 aliphatic heterocycles. The van der Waals surface area contributed by atoms with Gasteiger partial charge in [-0.2, -0.15) is 0 Å². The molecule has 60 heavy (non-hydrogen) atoms. The zero-order valence-electron chi connectivity index (χ0n) is 38.8. The Hall–Kier alpha value is -3.49. The minimum Gasteiger partial charge on any atom is -0.544 e. The molecule has 0 aliphatic rings. The average Bonchev–Trinajstić information content (AvgIpc) is 3.21. The number of aliphatic carboxylic acids is 1. The first-order chi connectivity index (χ1) is 29.1. The molecule has 0 amide bonds. The summed E-state index contributed by atoms with van der Waals surface area (Å²) < 4.78 is 17.2. The third kappa shape index (κ3) is 39.9. The lowest BCUT2D eigenvalue weighted by atomic mass is 10.1. The number of rotatable bonds is 41. The molecule has 0 aromatic heterocycles. The fourth-order valence-corrected chi connectivity index (χ4v) is 6.36. The number of carboxylic acids is 1. The molecule has 0 N–H and O–H groups in total. The van der Waals surface area contributed by atoms with Crippen molar-refractivity contribution in [3.05, 3.63) is 85.1 Å². The number of likely N-dealkylation sites (N-methyl/N-ethyl adjacent to an activating group) is 1. The highest BCUT2D eigenvalue weighted by atomic mass is 16.6. The number of carbonyl (C=O) groups excluding carboxylic acids is 3. The first kappa shape index (κ1) is 56.5. The average molecular weight is 838 g/mol. The van der Waals surface area contributed by atoms with Gasteiger partial charge in [-0.3, -0.25) is 9.59 Å². The number of nitrogens with zero attached hydrogens (tertiary/aromatic N) is 1. The summed E-state index contributed by atoms with van der Waals surface area (Å²) in [4.78, 5) is 36.9. The van der Waals surface area contributed by atoms with E-state index in [0.29, 0.717) is 12.8 Å². The van der Waals surface area contributed by atoms with Crippen LogP contribution >= 0.6 is 0 Å². The molecular weight excluding hydrogens is 751 g/mol. The smallest absolute Gasteiger partial charge is 0.306 e. The number of quaternary nitrogens is 1. The molecular formula is C52H87NO7. The highest BCUT2D eigenvalue weighted by Crippen LogP contribution is 2.13. The Labute approximate surface area is 367 Å². The highest BCUT2D eigenvalue weighted by Gasteiger charge is 2.25. The molecule has 8 heteroatoms. The van der Waals surface area contributed by atoms with Crippen LogP contribution in [0.4, 0.5) is 0 Å². The molecule has 0 saturated carbocycles. The van der Waals surface area contributed by atoms with E-state index in [4.69, 9.17) is 14.2 Å². The van der Waals surface area contributed by atoms with E-state index in [1.165, 1.54) is 51.4 Å². The number of hydrogen-bond donors (Lipinski definition) is 0. The molecule has 0 radical (unpaired) electrons. The summed E-state index contributed by atoms with van der Waals surface area (Å²) in [5, 5.41) is 11.6. The van der Waals surface area contributed by atoms with Crippen LogP contribution in [0.1, 0.15) is 174 Å². The molecule has 0 aromatic carbocycles. The summed E-state index contributed by atoms with van der Waals surface area (Å²) in [6.45, 7) is 4.47. The first-order valence-electron chi connectivity index (χ1n) is 23.6. The van der Waals surface area contributed by atoms with Crippen LogP contribution in [0.2, 0.25) is 0 Å². The van der Waals surface area contributed by atoms with E-state index in [1.54, 1.807) is 21.1 Å². The van der Waals surface area contributed by atoms with Crippen molar-refractivity contribution in [1.82, 2.24) is 0 Å². The van der Waals surface area contributed by atoms with Crippen LogP contribution in [0.15, 0.2) is 85.1 Å². The quantitative estimate of drug-likeness (QED) is 0.0261. The summed E-state index contributed by atoms with van der Waals surface area (Å²) in [5.74, 6) is -1.80. The van der Waals surface area contributed by atoms with Crippen LogP contribution < -0.4 is 5.11 Å². The van der Waals surface area contributed by atoms with Gasteiger partial charge in [0.25, 0.3) is 0 Å². The molecule has 0 saturated heterocycles. The Bertz CT molecular complexity index is 1250. The van der Waals surface area contributed by atoms with Gasteiger partial charge in [0.05, 0.1) is 40.3 Å². The van der Waals surface area contributed by atoms with Crippen molar-refractivity contribution in [2.45, 2.75) is 187 Å². The minimum absolute atomic E-state index is 0.0198. The zero-order valence-corrected chi connectivity index (χ0v) is 38.8. The molecule has 2 atom stereocenters. The van der Waals surface area contributed by atoms with Gasteiger partial charge in [0.1, 0.15) is 12.6 Å². The minimum atomic E-state index is -1.14. The number of allylic oxidation sites excluding steroid dienone is 14. The fraction of sp³-hybridized carbons (Fsp3) is 0.673. The fourth-order valence-electron chi connectivity index (χ4n) is 6.36. The van der Waals surface area contributed by atoms with Crippen molar-refractivity contribution in [3.63, 3.8) is 0 Å². The Balaban J connectivity index is 4.40. The molecule has 0 fully saturated rings. The van der Waals surface area contributed by atoms with Gasteiger partial charge in [-0.25, -0.2) is 0 Å². The van der Waals surface area contributed by atoms with Crippen LogP contribution in [0.5, 0.6) is 0 Å². The third-order valence-electron chi connectivity index (χ3n) is 10.0. The number of esters is 2. The van der Waals surface area contributed by atoms with Crippen molar-refractivity contribution in [3.8, 4) is 0 Å². The third-order valence-corrected chi connectivity index (χ3v) is 10.0. The van der Waals surface area contributed by atoms with Crippen molar-refractivity contribution in [2.75, 3.05) is 41.0 Å². The highest BCUT2D eigenvalue weighted by molar-refractivity contribution is 5.70. The van der Waals surface area contributed by atoms with E-state index in [2.05, 4.69) is 98.9 Å². The second kappa shape index (κ2) is 42.2. The lowest BCUT2D eigenvalue weighted by Crippen LogP contribution is -2.55. The lowest BCUT2D eigenvalue weighted by molar-refractivity contribution is -0.889. The van der Waals surface area contributed by atoms with E-state index in [1.807, 2.05) is 0 Å². The number of carboxylic acid groups (broad SMARTS) is 1. The largest absolute Gasteiger partial charge is 0.544 e. The maximum absolute atomic E-state index is 12.7. The topological polar surface area (TPSA) is 102 Å². The van der Waals surface area contributed by atoms with Gasteiger partial charge < -0.3 is 28.6 Å². The second-order valence-electron chi connectivity index (χ2n) is 16.6. The van der Waals surface area contributed by atoms with Crippen LogP contribution in [0.3, 0.4) is 0 Å². The summed E-state index contributed by atoms with van der Waals surface area (Å²) in [6.07, 6.45) is 54.6. The molecule has 0 aromatic rings. The van der Waals surface area contributed by atoms with Crippen LogP contribution in [-0.2, 0) is 28.6 Å². The molecule has 0 rings (SSSR count). The number of hydrogen-bond acceptors (Lipinski definition) is 7. The van der Waals surface area contributed by atoms with Crippen LogP contribution in [0.25, 0.3) is 0 Å². The Kier molecular flexibility index (Phi) is 39.8.